The molecule has 1 heterocycles. The lowest BCUT2D eigenvalue weighted by atomic mass is 9.98. The predicted molar refractivity (Wildman–Crippen MR) is 114 cm³/mol. The van der Waals surface area contributed by atoms with Gasteiger partial charge in [0.05, 0.1) is 0 Å². The molecular formula is C24H30N2O3. The SMILES string of the molecule is Cc1ccc(C(=O)N2CCN(C(=O)COc3ccc(C(C)C)c(C)c3)CC2)cc1. The van der Waals surface area contributed by atoms with Crippen molar-refractivity contribution in [3.05, 3.63) is 64.7 Å². The van der Waals surface area contributed by atoms with Crippen molar-refractivity contribution < 1.29 is 14.3 Å². The molecule has 0 saturated carbocycles. The molecule has 5 nitrogen and oxygen atoms in total. The van der Waals surface area contributed by atoms with Crippen LogP contribution in [0.4, 0.5) is 0 Å². The summed E-state index contributed by atoms with van der Waals surface area (Å²) in [5.41, 5.74) is 4.29. The van der Waals surface area contributed by atoms with Crippen LogP contribution in [-0.2, 0) is 4.79 Å². The van der Waals surface area contributed by atoms with Gasteiger partial charge in [0.1, 0.15) is 5.75 Å². The number of carbonyl (C=O) groups is 2. The first-order valence-electron chi connectivity index (χ1n) is 10.2. The fourth-order valence-electron chi connectivity index (χ4n) is 3.66. The Morgan fingerprint density at radius 3 is 2.14 bits per heavy atom. The van der Waals surface area contributed by atoms with Crippen molar-refractivity contribution >= 4 is 11.8 Å². The van der Waals surface area contributed by atoms with Gasteiger partial charge in [0.25, 0.3) is 11.8 Å². The molecule has 1 aliphatic heterocycles. The van der Waals surface area contributed by atoms with Crippen molar-refractivity contribution in [3.63, 3.8) is 0 Å². The first kappa shape index (κ1) is 20.9. The second kappa shape index (κ2) is 9.12. The Kier molecular flexibility index (Phi) is 6.57. The van der Waals surface area contributed by atoms with Crippen LogP contribution < -0.4 is 4.74 Å². The van der Waals surface area contributed by atoms with E-state index in [-0.39, 0.29) is 18.4 Å². The normalized spacial score (nSPS) is 14.2. The summed E-state index contributed by atoms with van der Waals surface area (Å²) in [4.78, 5) is 28.7. The molecule has 2 amide bonds. The molecule has 154 valence electrons. The summed E-state index contributed by atoms with van der Waals surface area (Å²) in [6.07, 6.45) is 0. The Morgan fingerprint density at radius 2 is 1.55 bits per heavy atom. The average Bonchev–Trinajstić information content (AvgIpc) is 2.72. The third-order valence-electron chi connectivity index (χ3n) is 5.44. The van der Waals surface area contributed by atoms with Crippen LogP contribution in [0.15, 0.2) is 42.5 Å². The largest absolute Gasteiger partial charge is 0.484 e. The summed E-state index contributed by atoms with van der Waals surface area (Å²) in [5.74, 6) is 1.16. The number of amides is 2. The van der Waals surface area contributed by atoms with E-state index in [0.29, 0.717) is 43.4 Å². The second-order valence-corrected chi connectivity index (χ2v) is 8.00. The average molecular weight is 395 g/mol. The molecule has 0 bridgehead atoms. The predicted octanol–water partition coefficient (Wildman–Crippen LogP) is 3.79. The Balaban J connectivity index is 1.49. The summed E-state index contributed by atoms with van der Waals surface area (Å²) in [7, 11) is 0. The smallest absolute Gasteiger partial charge is 0.260 e. The van der Waals surface area contributed by atoms with Crippen LogP contribution in [0.3, 0.4) is 0 Å². The minimum absolute atomic E-state index is 0.0202. The van der Waals surface area contributed by atoms with Crippen LogP contribution in [0.1, 0.15) is 46.8 Å². The summed E-state index contributed by atoms with van der Waals surface area (Å²) in [5, 5.41) is 0. The molecule has 2 aromatic carbocycles. The van der Waals surface area contributed by atoms with Crippen molar-refractivity contribution in [2.75, 3.05) is 32.8 Å². The minimum Gasteiger partial charge on any atom is -0.484 e. The molecule has 0 atom stereocenters. The van der Waals surface area contributed by atoms with Crippen LogP contribution >= 0.6 is 0 Å². The highest BCUT2D eigenvalue weighted by molar-refractivity contribution is 5.94. The fourth-order valence-corrected chi connectivity index (χ4v) is 3.66. The maximum Gasteiger partial charge on any atom is 0.260 e. The van der Waals surface area contributed by atoms with E-state index in [9.17, 15) is 9.59 Å². The summed E-state index contributed by atoms with van der Waals surface area (Å²) < 4.78 is 5.72. The van der Waals surface area contributed by atoms with Crippen LogP contribution in [-0.4, -0.2) is 54.4 Å². The molecule has 1 fully saturated rings. The summed E-state index contributed by atoms with van der Waals surface area (Å²) >= 11 is 0. The molecule has 0 aromatic heterocycles. The van der Waals surface area contributed by atoms with Gasteiger partial charge in [0, 0.05) is 31.7 Å². The molecule has 0 aliphatic carbocycles. The Labute approximate surface area is 173 Å². The summed E-state index contributed by atoms with van der Waals surface area (Å²) in [6, 6.07) is 13.6. The highest BCUT2D eigenvalue weighted by Gasteiger charge is 2.25. The quantitative estimate of drug-likeness (QED) is 0.775. The standard InChI is InChI=1S/C24H30N2O3/c1-17(2)22-10-9-21(15-19(22)4)29-16-23(27)25-11-13-26(14-12-25)24(28)20-7-5-18(3)6-8-20/h5-10,15,17H,11-14,16H2,1-4H3. The van der Waals surface area contributed by atoms with E-state index in [1.807, 2.05) is 48.2 Å². The van der Waals surface area contributed by atoms with Gasteiger partial charge in [-0.2, -0.15) is 0 Å². The van der Waals surface area contributed by atoms with Crippen LogP contribution in [0, 0.1) is 13.8 Å². The number of piperazine rings is 1. The highest BCUT2D eigenvalue weighted by Crippen LogP contribution is 2.23. The molecule has 0 unspecified atom stereocenters. The van der Waals surface area contributed by atoms with Crippen molar-refractivity contribution in [1.29, 1.82) is 0 Å². The highest BCUT2D eigenvalue weighted by atomic mass is 16.5. The van der Waals surface area contributed by atoms with Crippen molar-refractivity contribution in [2.24, 2.45) is 0 Å². The van der Waals surface area contributed by atoms with E-state index in [4.69, 9.17) is 4.74 Å². The lowest BCUT2D eigenvalue weighted by Gasteiger charge is -2.34. The number of benzene rings is 2. The third-order valence-corrected chi connectivity index (χ3v) is 5.44. The van der Waals surface area contributed by atoms with Crippen molar-refractivity contribution in [1.82, 2.24) is 9.80 Å². The molecule has 29 heavy (non-hydrogen) atoms. The molecule has 0 N–H and O–H groups in total. The Morgan fingerprint density at radius 1 is 0.931 bits per heavy atom. The number of aryl methyl sites for hydroxylation is 2. The lowest BCUT2D eigenvalue weighted by Crippen LogP contribution is -2.51. The van der Waals surface area contributed by atoms with Crippen molar-refractivity contribution in [2.45, 2.75) is 33.6 Å². The third kappa shape index (κ3) is 5.17. The van der Waals surface area contributed by atoms with Gasteiger partial charge in [-0.3, -0.25) is 9.59 Å². The van der Waals surface area contributed by atoms with Gasteiger partial charge >= 0.3 is 0 Å². The van der Waals surface area contributed by atoms with E-state index < -0.39 is 0 Å². The van der Waals surface area contributed by atoms with Gasteiger partial charge in [0.15, 0.2) is 6.61 Å². The molecule has 0 radical (unpaired) electrons. The van der Waals surface area contributed by atoms with Crippen LogP contribution in [0.25, 0.3) is 0 Å². The monoisotopic (exact) mass is 394 g/mol. The molecule has 3 rings (SSSR count). The van der Waals surface area contributed by atoms with Gasteiger partial charge < -0.3 is 14.5 Å². The van der Waals surface area contributed by atoms with Crippen LogP contribution in [0.2, 0.25) is 0 Å². The topological polar surface area (TPSA) is 49.9 Å². The first-order chi connectivity index (χ1) is 13.8. The summed E-state index contributed by atoms with van der Waals surface area (Å²) in [6.45, 7) is 10.6. The van der Waals surface area contributed by atoms with E-state index in [0.717, 1.165) is 5.56 Å². The van der Waals surface area contributed by atoms with Gasteiger partial charge in [-0.15, -0.1) is 0 Å². The number of hydrogen-bond acceptors (Lipinski definition) is 3. The van der Waals surface area contributed by atoms with E-state index in [1.54, 1.807) is 4.90 Å². The zero-order valence-corrected chi connectivity index (χ0v) is 17.8. The van der Waals surface area contributed by atoms with E-state index >= 15 is 0 Å². The second-order valence-electron chi connectivity index (χ2n) is 8.00. The van der Waals surface area contributed by atoms with E-state index in [1.165, 1.54) is 11.1 Å². The lowest BCUT2D eigenvalue weighted by molar-refractivity contribution is -0.134. The molecule has 0 spiro atoms. The van der Waals surface area contributed by atoms with Gasteiger partial charge in [-0.25, -0.2) is 0 Å². The van der Waals surface area contributed by atoms with Gasteiger partial charge in [0.2, 0.25) is 0 Å². The number of nitrogens with zero attached hydrogens (tertiary/aromatic N) is 2. The Hall–Kier alpha value is -2.82. The Bertz CT molecular complexity index is 866. The molecular weight excluding hydrogens is 364 g/mol. The maximum absolute atomic E-state index is 12.6. The first-order valence-corrected chi connectivity index (χ1v) is 10.2. The molecule has 2 aromatic rings. The minimum atomic E-state index is -0.0435. The van der Waals surface area contributed by atoms with Crippen LogP contribution in [0.5, 0.6) is 5.75 Å². The van der Waals surface area contributed by atoms with E-state index in [2.05, 4.69) is 26.8 Å². The zero-order valence-electron chi connectivity index (χ0n) is 17.8. The molecule has 1 aliphatic rings. The molecule has 1 saturated heterocycles. The number of rotatable bonds is 5. The zero-order chi connectivity index (χ0) is 21.0. The number of hydrogen-bond donors (Lipinski definition) is 0. The fraction of sp³-hybridized carbons (Fsp3) is 0.417. The number of ether oxygens (including phenoxy) is 1. The maximum atomic E-state index is 12.6. The van der Waals surface area contributed by atoms with Gasteiger partial charge in [-0.05, 0) is 55.2 Å². The molecule has 5 heteroatoms. The van der Waals surface area contributed by atoms with Gasteiger partial charge in [-0.1, -0.05) is 37.6 Å². The number of carbonyl (C=O) groups excluding carboxylic acids is 2. The van der Waals surface area contributed by atoms with Crippen molar-refractivity contribution in [3.8, 4) is 5.75 Å².